The van der Waals surface area contributed by atoms with Crippen molar-refractivity contribution in [3.8, 4) is 6.07 Å². The van der Waals surface area contributed by atoms with Crippen molar-refractivity contribution < 1.29 is 9.13 Å². The van der Waals surface area contributed by atoms with Gasteiger partial charge in [0.2, 0.25) is 0 Å². The third-order valence-electron chi connectivity index (χ3n) is 3.04. The zero-order chi connectivity index (χ0) is 13.0. The van der Waals surface area contributed by atoms with Crippen molar-refractivity contribution in [2.75, 3.05) is 26.3 Å². The highest BCUT2D eigenvalue weighted by molar-refractivity contribution is 9.10. The van der Waals surface area contributed by atoms with Crippen LogP contribution in [0.3, 0.4) is 0 Å². The lowest BCUT2D eigenvalue weighted by molar-refractivity contribution is -0.0752. The van der Waals surface area contributed by atoms with Gasteiger partial charge in [0.05, 0.1) is 19.3 Å². The number of nitrogens with zero attached hydrogens (tertiary/aromatic N) is 1. The molecule has 1 aromatic rings. The van der Waals surface area contributed by atoms with Gasteiger partial charge < -0.3 is 10.1 Å². The number of halogens is 2. The van der Waals surface area contributed by atoms with Gasteiger partial charge in [0.25, 0.3) is 0 Å². The Bertz CT molecular complexity index is 469. The maximum Gasteiger partial charge on any atom is 0.126 e. The van der Waals surface area contributed by atoms with Crippen LogP contribution in [0.1, 0.15) is 5.56 Å². The molecule has 1 saturated heterocycles. The van der Waals surface area contributed by atoms with E-state index in [0.717, 1.165) is 4.47 Å². The molecule has 1 fully saturated rings. The predicted molar refractivity (Wildman–Crippen MR) is 69.5 cm³/mol. The van der Waals surface area contributed by atoms with Crippen LogP contribution >= 0.6 is 15.9 Å². The average Bonchev–Trinajstić information content (AvgIpc) is 2.31. The standard InChI is InChI=1S/C13H14BrFN2O/c14-11-1-2-12(15)10(5-11)3-4-17-7-13(6-16)8-18-9-13/h1-2,5,17H,3-4,7-9H2. The summed E-state index contributed by atoms with van der Waals surface area (Å²) >= 11 is 3.32. The van der Waals surface area contributed by atoms with E-state index in [1.807, 2.05) is 0 Å². The van der Waals surface area contributed by atoms with Gasteiger partial charge in [-0.1, -0.05) is 15.9 Å². The van der Waals surface area contributed by atoms with E-state index in [0.29, 0.717) is 38.3 Å². The van der Waals surface area contributed by atoms with Gasteiger partial charge in [0.15, 0.2) is 0 Å². The molecule has 1 aliphatic rings. The lowest BCUT2D eigenvalue weighted by Crippen LogP contribution is -2.48. The molecule has 0 unspecified atom stereocenters. The Morgan fingerprint density at radius 2 is 2.28 bits per heavy atom. The van der Waals surface area contributed by atoms with Crippen molar-refractivity contribution in [2.45, 2.75) is 6.42 Å². The first-order chi connectivity index (χ1) is 8.65. The van der Waals surface area contributed by atoms with Crippen LogP contribution in [0.4, 0.5) is 4.39 Å². The molecule has 0 atom stereocenters. The predicted octanol–water partition coefficient (Wildman–Crippen LogP) is 2.26. The zero-order valence-electron chi connectivity index (χ0n) is 9.88. The quantitative estimate of drug-likeness (QED) is 0.848. The van der Waals surface area contributed by atoms with Crippen LogP contribution in [0.5, 0.6) is 0 Å². The summed E-state index contributed by atoms with van der Waals surface area (Å²) in [6, 6.07) is 7.18. The van der Waals surface area contributed by atoms with Crippen LogP contribution in [0.2, 0.25) is 0 Å². The molecular weight excluding hydrogens is 299 g/mol. The van der Waals surface area contributed by atoms with E-state index >= 15 is 0 Å². The molecule has 1 N–H and O–H groups in total. The van der Waals surface area contributed by atoms with Crippen molar-refractivity contribution >= 4 is 15.9 Å². The van der Waals surface area contributed by atoms with E-state index < -0.39 is 0 Å². The molecule has 5 heteroatoms. The maximum absolute atomic E-state index is 13.5. The van der Waals surface area contributed by atoms with Crippen molar-refractivity contribution in [1.82, 2.24) is 5.32 Å². The number of nitriles is 1. The van der Waals surface area contributed by atoms with Gasteiger partial charge in [0, 0.05) is 11.0 Å². The number of hydrogen-bond donors (Lipinski definition) is 1. The number of benzene rings is 1. The van der Waals surface area contributed by atoms with Crippen molar-refractivity contribution in [3.05, 3.63) is 34.1 Å². The second-order valence-electron chi connectivity index (χ2n) is 4.55. The SMILES string of the molecule is N#CC1(CNCCc2cc(Br)ccc2F)COC1. The molecule has 1 heterocycles. The van der Waals surface area contributed by atoms with E-state index in [1.165, 1.54) is 6.07 Å². The van der Waals surface area contributed by atoms with E-state index in [4.69, 9.17) is 10.00 Å². The molecule has 0 spiro atoms. The Morgan fingerprint density at radius 1 is 1.50 bits per heavy atom. The largest absolute Gasteiger partial charge is 0.378 e. The lowest BCUT2D eigenvalue weighted by Gasteiger charge is -2.35. The molecule has 0 aliphatic carbocycles. The fraction of sp³-hybridized carbons (Fsp3) is 0.462. The highest BCUT2D eigenvalue weighted by Gasteiger charge is 2.38. The van der Waals surface area contributed by atoms with Crippen LogP contribution in [-0.2, 0) is 11.2 Å². The highest BCUT2D eigenvalue weighted by Crippen LogP contribution is 2.25. The van der Waals surface area contributed by atoms with Gasteiger partial charge in [-0.3, -0.25) is 0 Å². The molecule has 2 rings (SSSR count). The summed E-state index contributed by atoms with van der Waals surface area (Å²) in [4.78, 5) is 0. The minimum absolute atomic E-state index is 0.193. The Labute approximate surface area is 114 Å². The summed E-state index contributed by atoms with van der Waals surface area (Å²) in [5, 5.41) is 12.2. The van der Waals surface area contributed by atoms with E-state index in [-0.39, 0.29) is 11.2 Å². The molecule has 3 nitrogen and oxygen atoms in total. The molecular formula is C13H14BrFN2O. The third-order valence-corrected chi connectivity index (χ3v) is 3.53. The van der Waals surface area contributed by atoms with Gasteiger partial charge in [-0.05, 0) is 36.7 Å². The van der Waals surface area contributed by atoms with Gasteiger partial charge >= 0.3 is 0 Å². The molecule has 0 radical (unpaired) electrons. The Morgan fingerprint density at radius 3 is 2.89 bits per heavy atom. The molecule has 0 amide bonds. The minimum Gasteiger partial charge on any atom is -0.378 e. The van der Waals surface area contributed by atoms with Gasteiger partial charge in [0.1, 0.15) is 11.2 Å². The number of rotatable bonds is 5. The monoisotopic (exact) mass is 312 g/mol. The lowest BCUT2D eigenvalue weighted by atomic mass is 9.88. The van der Waals surface area contributed by atoms with Crippen molar-refractivity contribution in [2.24, 2.45) is 5.41 Å². The van der Waals surface area contributed by atoms with E-state index in [9.17, 15) is 4.39 Å². The van der Waals surface area contributed by atoms with Crippen molar-refractivity contribution in [3.63, 3.8) is 0 Å². The zero-order valence-corrected chi connectivity index (χ0v) is 11.5. The summed E-state index contributed by atoms with van der Waals surface area (Å²) in [6.45, 7) is 2.22. The summed E-state index contributed by atoms with van der Waals surface area (Å²) in [5.41, 5.74) is 0.295. The molecule has 0 saturated carbocycles. The Kier molecular flexibility index (Phi) is 4.33. The van der Waals surface area contributed by atoms with Crippen LogP contribution in [0.15, 0.2) is 22.7 Å². The summed E-state index contributed by atoms with van der Waals surface area (Å²) in [6.07, 6.45) is 0.605. The Balaban J connectivity index is 1.79. The first-order valence-electron chi connectivity index (χ1n) is 5.79. The topological polar surface area (TPSA) is 45.0 Å². The fourth-order valence-corrected chi connectivity index (χ4v) is 2.25. The maximum atomic E-state index is 13.5. The summed E-state index contributed by atoms with van der Waals surface area (Å²) < 4.78 is 19.4. The van der Waals surface area contributed by atoms with Crippen LogP contribution in [-0.4, -0.2) is 26.3 Å². The average molecular weight is 313 g/mol. The second-order valence-corrected chi connectivity index (χ2v) is 5.46. The van der Waals surface area contributed by atoms with E-state index in [1.54, 1.807) is 12.1 Å². The summed E-state index contributed by atoms with van der Waals surface area (Å²) in [5.74, 6) is -0.193. The van der Waals surface area contributed by atoms with Gasteiger partial charge in [-0.25, -0.2) is 4.39 Å². The number of nitrogens with one attached hydrogen (secondary N) is 1. The van der Waals surface area contributed by atoms with E-state index in [2.05, 4.69) is 27.3 Å². The second kappa shape index (κ2) is 5.79. The highest BCUT2D eigenvalue weighted by atomic mass is 79.9. The van der Waals surface area contributed by atoms with Gasteiger partial charge in [-0.2, -0.15) is 5.26 Å². The van der Waals surface area contributed by atoms with Crippen LogP contribution in [0.25, 0.3) is 0 Å². The molecule has 1 aromatic carbocycles. The number of ether oxygens (including phenoxy) is 1. The molecule has 96 valence electrons. The van der Waals surface area contributed by atoms with Crippen LogP contribution in [0, 0.1) is 22.6 Å². The fourth-order valence-electron chi connectivity index (χ4n) is 1.84. The molecule has 18 heavy (non-hydrogen) atoms. The first kappa shape index (κ1) is 13.5. The van der Waals surface area contributed by atoms with Crippen LogP contribution < -0.4 is 5.32 Å². The summed E-state index contributed by atoms with van der Waals surface area (Å²) in [7, 11) is 0. The number of hydrogen-bond acceptors (Lipinski definition) is 3. The molecule has 0 bridgehead atoms. The molecule has 0 aromatic heterocycles. The minimum atomic E-state index is -0.379. The Hall–Kier alpha value is -0.960. The smallest absolute Gasteiger partial charge is 0.126 e. The third kappa shape index (κ3) is 3.08. The van der Waals surface area contributed by atoms with Gasteiger partial charge in [-0.15, -0.1) is 0 Å². The molecule has 1 aliphatic heterocycles. The first-order valence-corrected chi connectivity index (χ1v) is 6.58. The normalized spacial score (nSPS) is 16.9. The van der Waals surface area contributed by atoms with Crippen molar-refractivity contribution in [1.29, 1.82) is 5.26 Å².